The lowest BCUT2D eigenvalue weighted by atomic mass is 9.70. The first-order valence-corrected chi connectivity index (χ1v) is 26.0. The highest BCUT2D eigenvalue weighted by atomic mass is 16.3. The Bertz CT molecular complexity index is 3100. The topological polar surface area (TPSA) is 101 Å². The largest absolute Gasteiger partial charge is 0.507 e. The maximum Gasteiger partial charge on any atom is 0.121 e. The van der Waals surface area contributed by atoms with Crippen molar-refractivity contribution in [2.75, 3.05) is 0 Å². The van der Waals surface area contributed by atoms with Crippen molar-refractivity contribution in [1.82, 2.24) is 0 Å². The van der Waals surface area contributed by atoms with Crippen LogP contribution in [-0.4, -0.2) is 25.5 Å². The average Bonchev–Trinajstić information content (AvgIpc) is 3.33. The lowest BCUT2D eigenvalue weighted by Crippen LogP contribution is -2.17. The molecule has 1 fully saturated rings. The van der Waals surface area contributed by atoms with Crippen LogP contribution < -0.4 is 0 Å². The normalized spacial score (nSPS) is 13.4. The quantitative estimate of drug-likeness (QED) is 0.0879. The zero-order valence-electron chi connectivity index (χ0n) is 46.4. The monoisotopic (exact) mass is 963 g/mol. The second-order valence-electron chi connectivity index (χ2n) is 22.2. The Hall–Kier alpha value is -6.46. The standard InChI is InChI=1S/C67H78O5/c1-31-22-53(37(7)43(13)59(31)49-20-19-21-49)60(54-23-32(2)63(68)44(14)38(54)8)50-28-51(61(55-24-33(3)64(69)45(15)39(55)9)56-25-34(4)65(70)46(16)40(56)10)30-52(29-50)62(57-26-35(5)66(71)47(17)41(57)11)58-27-36(6)67(72)48(18)42(58)12/h22-30,49,60-62,68-72H,19-21H2,1-18H3. The molecule has 376 valence electrons. The molecule has 0 amide bonds. The molecule has 1 saturated carbocycles. The summed E-state index contributed by atoms with van der Waals surface area (Å²) in [4.78, 5) is 0. The first kappa shape index (κ1) is 51.9. The zero-order chi connectivity index (χ0) is 52.8. The molecular formula is C67H78O5. The van der Waals surface area contributed by atoms with Crippen molar-refractivity contribution in [3.05, 3.63) is 210 Å². The molecule has 0 saturated heterocycles. The fraction of sp³-hybridized carbons (Fsp3) is 0.373. The van der Waals surface area contributed by atoms with Crippen LogP contribution in [0.15, 0.2) is 54.6 Å². The minimum absolute atomic E-state index is 0.265. The Balaban J connectivity index is 1.62. The van der Waals surface area contributed by atoms with Crippen LogP contribution in [0.3, 0.4) is 0 Å². The predicted molar refractivity (Wildman–Crippen MR) is 298 cm³/mol. The van der Waals surface area contributed by atoms with Gasteiger partial charge in [-0.05, 0) is 299 Å². The van der Waals surface area contributed by atoms with E-state index in [1.807, 2.05) is 69.2 Å². The third-order valence-electron chi connectivity index (χ3n) is 18.1. The predicted octanol–water partition coefficient (Wildman–Crippen LogP) is 16.6. The van der Waals surface area contributed by atoms with Crippen LogP contribution in [0.5, 0.6) is 28.7 Å². The summed E-state index contributed by atoms with van der Waals surface area (Å²) in [5.41, 5.74) is 28.6. The number of phenolic OH excluding ortho intramolecular Hbond substituents is 5. The minimum Gasteiger partial charge on any atom is -0.507 e. The first-order valence-electron chi connectivity index (χ1n) is 26.0. The van der Waals surface area contributed by atoms with Crippen molar-refractivity contribution in [2.45, 2.75) is 168 Å². The highest BCUT2D eigenvalue weighted by molar-refractivity contribution is 5.66. The Morgan fingerprint density at radius 3 is 0.694 bits per heavy atom. The Labute approximate surface area is 430 Å². The molecule has 72 heavy (non-hydrogen) atoms. The molecule has 5 nitrogen and oxygen atoms in total. The number of hydrogen-bond donors (Lipinski definition) is 5. The number of benzene rings is 7. The van der Waals surface area contributed by atoms with Crippen molar-refractivity contribution < 1.29 is 25.5 Å². The third kappa shape index (κ3) is 8.45. The number of phenols is 5. The third-order valence-corrected chi connectivity index (χ3v) is 18.1. The summed E-state index contributed by atoms with van der Waals surface area (Å²) >= 11 is 0. The van der Waals surface area contributed by atoms with Crippen molar-refractivity contribution in [1.29, 1.82) is 0 Å². The molecule has 7 aromatic rings. The van der Waals surface area contributed by atoms with E-state index in [-0.39, 0.29) is 17.8 Å². The maximum absolute atomic E-state index is 11.5. The van der Waals surface area contributed by atoms with Gasteiger partial charge >= 0.3 is 0 Å². The van der Waals surface area contributed by atoms with Gasteiger partial charge in [0.15, 0.2) is 0 Å². The molecule has 8 rings (SSSR count). The van der Waals surface area contributed by atoms with Crippen molar-refractivity contribution in [3.63, 3.8) is 0 Å². The van der Waals surface area contributed by atoms with E-state index in [1.54, 1.807) is 0 Å². The van der Waals surface area contributed by atoms with Gasteiger partial charge in [0.1, 0.15) is 28.7 Å². The van der Waals surface area contributed by atoms with Crippen LogP contribution >= 0.6 is 0 Å². The van der Waals surface area contributed by atoms with Crippen molar-refractivity contribution in [2.24, 2.45) is 0 Å². The number of aryl methyl sites for hydroxylation is 6. The van der Waals surface area contributed by atoms with Crippen LogP contribution in [0, 0.1) is 125 Å². The minimum atomic E-state index is -0.343. The van der Waals surface area contributed by atoms with Gasteiger partial charge in [-0.3, -0.25) is 0 Å². The van der Waals surface area contributed by atoms with E-state index in [4.69, 9.17) is 0 Å². The van der Waals surface area contributed by atoms with Gasteiger partial charge in [-0.25, -0.2) is 0 Å². The van der Waals surface area contributed by atoms with E-state index in [2.05, 4.69) is 110 Å². The average molecular weight is 963 g/mol. The lowest BCUT2D eigenvalue weighted by Gasteiger charge is -2.34. The van der Waals surface area contributed by atoms with E-state index in [9.17, 15) is 25.5 Å². The Kier molecular flexibility index (Phi) is 13.8. The van der Waals surface area contributed by atoms with Crippen molar-refractivity contribution in [3.8, 4) is 28.7 Å². The number of hydrogen-bond acceptors (Lipinski definition) is 5. The van der Waals surface area contributed by atoms with Crippen molar-refractivity contribution >= 4 is 0 Å². The molecular weight excluding hydrogens is 885 g/mol. The molecule has 1 atom stereocenters. The summed E-state index contributed by atoms with van der Waals surface area (Å²) in [5.74, 6) is 1.10. The summed E-state index contributed by atoms with van der Waals surface area (Å²) in [6.45, 7) is 37.5. The van der Waals surface area contributed by atoms with Crippen LogP contribution in [0.4, 0.5) is 0 Å². The maximum atomic E-state index is 11.5. The van der Waals surface area contributed by atoms with E-state index in [0.29, 0.717) is 34.7 Å². The first-order chi connectivity index (χ1) is 33.8. The summed E-state index contributed by atoms with van der Waals surface area (Å²) in [6.07, 6.45) is 3.68. The molecule has 0 bridgehead atoms. The van der Waals surface area contributed by atoms with E-state index in [0.717, 1.165) is 128 Å². The summed E-state index contributed by atoms with van der Waals surface area (Å²) in [6, 6.07) is 20.5. The van der Waals surface area contributed by atoms with Gasteiger partial charge in [0, 0.05) is 17.8 Å². The number of rotatable bonds is 10. The Morgan fingerprint density at radius 1 is 0.278 bits per heavy atom. The smallest absolute Gasteiger partial charge is 0.121 e. The van der Waals surface area contributed by atoms with Crippen LogP contribution in [0.25, 0.3) is 0 Å². The summed E-state index contributed by atoms with van der Waals surface area (Å²) in [5, 5.41) is 57.5. The summed E-state index contributed by atoms with van der Waals surface area (Å²) in [7, 11) is 0. The van der Waals surface area contributed by atoms with Gasteiger partial charge in [0.25, 0.3) is 0 Å². The lowest BCUT2D eigenvalue weighted by molar-refractivity contribution is 0.416. The van der Waals surface area contributed by atoms with Gasteiger partial charge in [0.05, 0.1) is 0 Å². The zero-order valence-corrected chi connectivity index (χ0v) is 46.4. The van der Waals surface area contributed by atoms with Crippen LogP contribution in [0.2, 0.25) is 0 Å². The van der Waals surface area contributed by atoms with E-state index < -0.39 is 0 Å². The molecule has 0 radical (unpaired) electrons. The molecule has 0 heterocycles. The van der Waals surface area contributed by atoms with Gasteiger partial charge in [-0.1, -0.05) is 61.0 Å². The molecule has 0 aromatic heterocycles. The van der Waals surface area contributed by atoms with E-state index >= 15 is 0 Å². The van der Waals surface area contributed by atoms with E-state index in [1.165, 1.54) is 47.1 Å². The number of aromatic hydroxyl groups is 5. The van der Waals surface area contributed by atoms with Crippen LogP contribution in [-0.2, 0) is 0 Å². The van der Waals surface area contributed by atoms with Gasteiger partial charge < -0.3 is 25.5 Å². The second kappa shape index (κ2) is 19.2. The molecule has 1 aliphatic carbocycles. The molecule has 0 spiro atoms. The SMILES string of the molecule is Cc1cc(C(c2cc(C(c3cc(C)c(O)c(C)c3C)c3cc(C)c(O)c(C)c3C)cc(C(c3cc(C)c(O)c(C)c3C)c3cc(C)c(C4CCC4)c(C)c3C)c2)c2cc(C)c(O)c(C)c2C)c(C)c(C)c1O. The molecule has 1 aliphatic rings. The molecule has 1 unspecified atom stereocenters. The highest BCUT2D eigenvalue weighted by Gasteiger charge is 2.34. The molecule has 0 aliphatic heterocycles. The van der Waals surface area contributed by atoms with Gasteiger partial charge in [-0.2, -0.15) is 0 Å². The summed E-state index contributed by atoms with van der Waals surface area (Å²) < 4.78 is 0. The molecule has 5 N–H and O–H groups in total. The molecule has 5 heteroatoms. The molecule has 7 aromatic carbocycles. The fourth-order valence-corrected chi connectivity index (χ4v) is 12.5. The van der Waals surface area contributed by atoms with Crippen LogP contribution in [0.1, 0.15) is 199 Å². The van der Waals surface area contributed by atoms with Gasteiger partial charge in [-0.15, -0.1) is 0 Å². The van der Waals surface area contributed by atoms with Gasteiger partial charge in [0.2, 0.25) is 0 Å². The Morgan fingerprint density at radius 2 is 0.486 bits per heavy atom. The highest BCUT2D eigenvalue weighted by Crippen LogP contribution is 2.50. The second-order valence-corrected chi connectivity index (χ2v) is 22.2. The fourth-order valence-electron chi connectivity index (χ4n) is 12.5.